The van der Waals surface area contributed by atoms with Crippen LogP contribution in [0.25, 0.3) is 0 Å². The second-order valence-corrected chi connectivity index (χ2v) is 7.07. The Morgan fingerprint density at radius 2 is 1.47 bits per heavy atom. The van der Waals surface area contributed by atoms with Crippen LogP contribution in [0.1, 0.15) is 77.6 Å². The summed E-state index contributed by atoms with van der Waals surface area (Å²) in [7, 11) is 0. The van der Waals surface area contributed by atoms with Gasteiger partial charge in [0.2, 0.25) is 0 Å². The van der Waals surface area contributed by atoms with E-state index in [1.165, 1.54) is 51.4 Å². The maximum Gasteiger partial charge on any atom is 0.410 e. The molecule has 108 valence electrons. The lowest BCUT2D eigenvalue weighted by atomic mass is 9.80. The summed E-state index contributed by atoms with van der Waals surface area (Å²) in [6.07, 6.45) is 13.1. The van der Waals surface area contributed by atoms with E-state index in [1.807, 2.05) is 0 Å². The van der Waals surface area contributed by atoms with Crippen LogP contribution in [-0.4, -0.2) is 28.7 Å². The predicted molar refractivity (Wildman–Crippen MR) is 75.1 cm³/mol. The van der Waals surface area contributed by atoms with Crippen molar-refractivity contribution in [2.24, 2.45) is 0 Å². The van der Waals surface area contributed by atoms with Crippen LogP contribution in [-0.2, 0) is 4.74 Å². The van der Waals surface area contributed by atoms with Gasteiger partial charge in [-0.05, 0) is 58.3 Å². The molecular formula is C16H27NO2. The van der Waals surface area contributed by atoms with Crippen LogP contribution in [0, 0.1) is 0 Å². The van der Waals surface area contributed by atoms with Crippen LogP contribution >= 0.6 is 0 Å². The first-order valence-electron chi connectivity index (χ1n) is 8.14. The zero-order valence-electron chi connectivity index (χ0n) is 12.2. The number of hydrogen-bond acceptors (Lipinski definition) is 2. The van der Waals surface area contributed by atoms with E-state index < -0.39 is 0 Å². The van der Waals surface area contributed by atoms with Gasteiger partial charge in [-0.15, -0.1) is 0 Å². The van der Waals surface area contributed by atoms with Crippen LogP contribution in [0.15, 0.2) is 0 Å². The van der Waals surface area contributed by atoms with Gasteiger partial charge in [-0.25, -0.2) is 4.79 Å². The fraction of sp³-hybridized carbons (Fsp3) is 0.938. The highest BCUT2D eigenvalue weighted by Gasteiger charge is 2.46. The van der Waals surface area contributed by atoms with Crippen molar-refractivity contribution in [2.75, 3.05) is 6.54 Å². The predicted octanol–water partition coefficient (Wildman–Crippen LogP) is 4.25. The molecule has 2 aliphatic carbocycles. The van der Waals surface area contributed by atoms with Crippen LogP contribution in [0.5, 0.6) is 0 Å². The summed E-state index contributed by atoms with van der Waals surface area (Å²) in [4.78, 5) is 14.7. The summed E-state index contributed by atoms with van der Waals surface area (Å²) in [5.41, 5.74) is -0.0279. The van der Waals surface area contributed by atoms with E-state index >= 15 is 0 Å². The van der Waals surface area contributed by atoms with E-state index in [4.69, 9.17) is 4.74 Å². The number of amides is 1. The molecule has 1 heterocycles. The first-order chi connectivity index (χ1) is 9.14. The van der Waals surface area contributed by atoms with Crippen molar-refractivity contribution < 1.29 is 9.53 Å². The number of likely N-dealkylation sites (tertiary alicyclic amines) is 1. The van der Waals surface area contributed by atoms with Crippen LogP contribution in [0.3, 0.4) is 0 Å². The lowest BCUT2D eigenvalue weighted by Gasteiger charge is -2.42. The Kier molecular flexibility index (Phi) is 3.48. The van der Waals surface area contributed by atoms with E-state index in [1.54, 1.807) is 0 Å². The normalized spacial score (nSPS) is 28.8. The van der Waals surface area contributed by atoms with Crippen LogP contribution < -0.4 is 0 Å². The molecule has 0 N–H and O–H groups in total. The third kappa shape index (κ3) is 2.48. The SMILES string of the molecule is CC1(OC(=O)N2CCCC23CCCCC3)CCCC1. The Morgan fingerprint density at radius 1 is 0.895 bits per heavy atom. The van der Waals surface area contributed by atoms with Gasteiger partial charge in [-0.1, -0.05) is 19.3 Å². The molecular weight excluding hydrogens is 238 g/mol. The second kappa shape index (κ2) is 4.99. The molecule has 1 amide bonds. The van der Waals surface area contributed by atoms with Crippen molar-refractivity contribution in [1.82, 2.24) is 4.90 Å². The number of hydrogen-bond donors (Lipinski definition) is 0. The topological polar surface area (TPSA) is 29.5 Å². The van der Waals surface area contributed by atoms with E-state index in [-0.39, 0.29) is 17.2 Å². The highest BCUT2D eigenvalue weighted by Crippen LogP contribution is 2.43. The number of ether oxygens (including phenoxy) is 1. The van der Waals surface area contributed by atoms with Crippen LogP contribution in [0.4, 0.5) is 4.79 Å². The van der Waals surface area contributed by atoms with Crippen molar-refractivity contribution in [3.8, 4) is 0 Å². The van der Waals surface area contributed by atoms with E-state index in [9.17, 15) is 4.79 Å². The van der Waals surface area contributed by atoms with Crippen molar-refractivity contribution in [2.45, 2.75) is 88.7 Å². The fourth-order valence-corrected chi connectivity index (χ4v) is 4.44. The molecule has 3 rings (SSSR count). The average molecular weight is 265 g/mol. The van der Waals surface area contributed by atoms with Gasteiger partial charge in [0, 0.05) is 12.1 Å². The molecule has 3 nitrogen and oxygen atoms in total. The van der Waals surface area contributed by atoms with Gasteiger partial charge in [0.1, 0.15) is 5.60 Å². The summed E-state index contributed by atoms with van der Waals surface area (Å²) in [6.45, 7) is 3.02. The molecule has 0 bridgehead atoms. The van der Waals surface area contributed by atoms with Crippen molar-refractivity contribution in [3.63, 3.8) is 0 Å². The molecule has 0 aromatic rings. The summed E-state index contributed by atoms with van der Waals surface area (Å²) < 4.78 is 5.90. The molecule has 0 aromatic heterocycles. The second-order valence-electron chi connectivity index (χ2n) is 7.07. The maximum atomic E-state index is 12.6. The third-order valence-electron chi connectivity index (χ3n) is 5.60. The van der Waals surface area contributed by atoms with E-state index in [2.05, 4.69) is 11.8 Å². The molecule has 0 unspecified atom stereocenters. The molecule has 0 radical (unpaired) electrons. The Labute approximate surface area is 116 Å². The minimum absolute atomic E-state index is 0.0243. The summed E-state index contributed by atoms with van der Waals surface area (Å²) in [6, 6.07) is 0. The molecule has 19 heavy (non-hydrogen) atoms. The molecule has 3 fully saturated rings. The first kappa shape index (κ1) is 13.3. The van der Waals surface area contributed by atoms with Gasteiger partial charge in [-0.2, -0.15) is 0 Å². The first-order valence-corrected chi connectivity index (χ1v) is 8.14. The Hall–Kier alpha value is -0.730. The van der Waals surface area contributed by atoms with Gasteiger partial charge in [0.25, 0.3) is 0 Å². The molecule has 2 saturated carbocycles. The largest absolute Gasteiger partial charge is 0.443 e. The zero-order chi connectivity index (χ0) is 13.3. The molecule has 1 aliphatic heterocycles. The Morgan fingerprint density at radius 3 is 2.16 bits per heavy atom. The Bertz CT molecular complexity index is 341. The monoisotopic (exact) mass is 265 g/mol. The quantitative estimate of drug-likeness (QED) is 0.709. The smallest absolute Gasteiger partial charge is 0.410 e. The Balaban J connectivity index is 1.68. The van der Waals surface area contributed by atoms with Gasteiger partial charge >= 0.3 is 6.09 Å². The van der Waals surface area contributed by atoms with E-state index in [0.29, 0.717) is 0 Å². The molecule has 0 aromatic carbocycles. The van der Waals surface area contributed by atoms with E-state index in [0.717, 1.165) is 25.8 Å². The highest BCUT2D eigenvalue weighted by atomic mass is 16.6. The molecule has 1 spiro atoms. The minimum Gasteiger partial charge on any atom is -0.443 e. The van der Waals surface area contributed by atoms with Crippen molar-refractivity contribution >= 4 is 6.09 Å². The van der Waals surface area contributed by atoms with Crippen molar-refractivity contribution in [1.29, 1.82) is 0 Å². The number of carbonyl (C=O) groups excluding carboxylic acids is 1. The lowest BCUT2D eigenvalue weighted by molar-refractivity contribution is -0.0137. The average Bonchev–Trinajstić information content (AvgIpc) is 2.98. The molecule has 3 heteroatoms. The zero-order valence-corrected chi connectivity index (χ0v) is 12.2. The standard InChI is InChI=1S/C16H27NO2/c1-15(8-5-6-9-15)19-14(18)17-13-7-12-16(17)10-3-2-4-11-16/h2-13H2,1H3. The summed E-state index contributed by atoms with van der Waals surface area (Å²) in [5, 5.41) is 0. The third-order valence-corrected chi connectivity index (χ3v) is 5.60. The van der Waals surface area contributed by atoms with Gasteiger partial charge < -0.3 is 9.64 Å². The maximum absolute atomic E-state index is 12.6. The summed E-state index contributed by atoms with van der Waals surface area (Å²) >= 11 is 0. The van der Waals surface area contributed by atoms with Crippen molar-refractivity contribution in [3.05, 3.63) is 0 Å². The minimum atomic E-state index is -0.185. The molecule has 3 aliphatic rings. The number of rotatable bonds is 1. The molecule has 0 atom stereocenters. The molecule has 1 saturated heterocycles. The van der Waals surface area contributed by atoms with Gasteiger partial charge in [0.05, 0.1) is 0 Å². The summed E-state index contributed by atoms with van der Waals surface area (Å²) in [5.74, 6) is 0. The highest BCUT2D eigenvalue weighted by molar-refractivity contribution is 5.70. The van der Waals surface area contributed by atoms with Gasteiger partial charge in [0.15, 0.2) is 0 Å². The number of nitrogens with zero attached hydrogens (tertiary/aromatic N) is 1. The lowest BCUT2D eigenvalue weighted by Crippen LogP contribution is -2.50. The number of carbonyl (C=O) groups is 1. The van der Waals surface area contributed by atoms with Gasteiger partial charge in [-0.3, -0.25) is 0 Å². The van der Waals surface area contributed by atoms with Crippen LogP contribution in [0.2, 0.25) is 0 Å². The fourth-order valence-electron chi connectivity index (χ4n) is 4.44.